The van der Waals surface area contributed by atoms with E-state index in [1.165, 1.54) is 17.7 Å². The van der Waals surface area contributed by atoms with Gasteiger partial charge in [-0.15, -0.1) is 0 Å². The molecule has 1 aromatic carbocycles. The van der Waals surface area contributed by atoms with Gasteiger partial charge in [-0.25, -0.2) is 9.37 Å². The molecule has 0 unspecified atom stereocenters. The van der Waals surface area contributed by atoms with Gasteiger partial charge in [0.15, 0.2) is 5.96 Å². The number of guanidine groups is 1. The van der Waals surface area contributed by atoms with Gasteiger partial charge in [0.2, 0.25) is 0 Å². The van der Waals surface area contributed by atoms with Gasteiger partial charge in [0.25, 0.3) is 0 Å². The number of benzene rings is 1. The van der Waals surface area contributed by atoms with Gasteiger partial charge in [-0.3, -0.25) is 4.99 Å². The zero-order valence-corrected chi connectivity index (χ0v) is 18.5. The Morgan fingerprint density at radius 3 is 2.32 bits per heavy atom. The van der Waals surface area contributed by atoms with E-state index < -0.39 is 0 Å². The second-order valence-electron chi connectivity index (χ2n) is 8.13. The van der Waals surface area contributed by atoms with Gasteiger partial charge < -0.3 is 24.9 Å². The largest absolute Gasteiger partial charge is 0.368 e. The molecule has 1 aromatic heterocycles. The number of hydrogen-bond donors (Lipinski definition) is 1. The first kappa shape index (κ1) is 21.4. The van der Waals surface area contributed by atoms with Crippen LogP contribution in [0.5, 0.6) is 0 Å². The van der Waals surface area contributed by atoms with Crippen LogP contribution in [0.3, 0.4) is 0 Å². The molecule has 2 fully saturated rings. The van der Waals surface area contributed by atoms with E-state index in [0.717, 1.165) is 69.8 Å². The van der Waals surface area contributed by atoms with E-state index >= 15 is 0 Å². The maximum Gasteiger partial charge on any atom is 0.194 e. The summed E-state index contributed by atoms with van der Waals surface area (Å²) in [4.78, 5) is 18.5. The normalized spacial score (nSPS) is 18.4. The summed E-state index contributed by atoms with van der Waals surface area (Å²) in [7, 11) is 4.00. The first-order chi connectivity index (χ1) is 15.1. The SMILES string of the molecule is CN=C(NCc1cccnc1N1CCN(C)CC1)N1CCN(c2ccc(F)cc2)CC1. The standard InChI is InChI=1S/C23H32FN7/c1-25-23(31-16-14-29(15-17-31)21-7-5-20(24)6-8-21)27-18-19-4-3-9-26-22(19)30-12-10-28(2)11-13-30/h3-9H,10-18H2,1-2H3,(H,25,27). The van der Waals surface area contributed by atoms with E-state index in [0.29, 0.717) is 6.54 Å². The third kappa shape index (κ3) is 5.25. The summed E-state index contributed by atoms with van der Waals surface area (Å²) in [6.45, 7) is 8.32. The van der Waals surface area contributed by atoms with E-state index in [1.54, 1.807) is 0 Å². The second-order valence-corrected chi connectivity index (χ2v) is 8.13. The minimum Gasteiger partial charge on any atom is -0.368 e. The fourth-order valence-corrected chi connectivity index (χ4v) is 4.21. The van der Waals surface area contributed by atoms with Crippen molar-refractivity contribution in [3.63, 3.8) is 0 Å². The van der Waals surface area contributed by atoms with Crippen LogP contribution in [0.1, 0.15) is 5.56 Å². The van der Waals surface area contributed by atoms with Crippen molar-refractivity contribution in [2.75, 3.05) is 76.3 Å². The lowest BCUT2D eigenvalue weighted by atomic mass is 10.2. The number of nitrogens with zero attached hydrogens (tertiary/aromatic N) is 6. The predicted molar refractivity (Wildman–Crippen MR) is 124 cm³/mol. The van der Waals surface area contributed by atoms with E-state index in [-0.39, 0.29) is 5.82 Å². The zero-order valence-electron chi connectivity index (χ0n) is 18.5. The molecule has 0 aliphatic carbocycles. The highest BCUT2D eigenvalue weighted by Gasteiger charge is 2.21. The van der Waals surface area contributed by atoms with Crippen LogP contribution in [0.4, 0.5) is 15.9 Å². The van der Waals surface area contributed by atoms with Gasteiger partial charge in [-0.2, -0.15) is 0 Å². The van der Waals surface area contributed by atoms with Gasteiger partial charge >= 0.3 is 0 Å². The zero-order chi connectivity index (χ0) is 21.6. The molecule has 0 spiro atoms. The molecular formula is C23H32FN7. The average molecular weight is 426 g/mol. The van der Waals surface area contributed by atoms with Gasteiger partial charge in [0.05, 0.1) is 0 Å². The van der Waals surface area contributed by atoms with Crippen LogP contribution in [0.2, 0.25) is 0 Å². The number of pyridine rings is 1. The molecule has 2 aliphatic heterocycles. The van der Waals surface area contributed by atoms with E-state index in [1.807, 2.05) is 31.4 Å². The van der Waals surface area contributed by atoms with Gasteiger partial charge in [-0.05, 0) is 37.4 Å². The minimum atomic E-state index is -0.196. The number of nitrogens with one attached hydrogen (secondary N) is 1. The monoisotopic (exact) mass is 425 g/mol. The lowest BCUT2D eigenvalue weighted by molar-refractivity contribution is 0.311. The fraction of sp³-hybridized carbons (Fsp3) is 0.478. The molecule has 2 saturated heterocycles. The number of rotatable bonds is 4. The topological polar surface area (TPSA) is 50.2 Å². The van der Waals surface area contributed by atoms with Crippen molar-refractivity contribution in [3.05, 3.63) is 54.0 Å². The van der Waals surface area contributed by atoms with Crippen LogP contribution in [-0.2, 0) is 6.54 Å². The molecule has 4 rings (SSSR count). The first-order valence-electron chi connectivity index (χ1n) is 11.0. The van der Waals surface area contributed by atoms with Crippen LogP contribution >= 0.6 is 0 Å². The smallest absolute Gasteiger partial charge is 0.194 e. The van der Waals surface area contributed by atoms with Crippen LogP contribution in [0, 0.1) is 5.82 Å². The summed E-state index contributed by atoms with van der Waals surface area (Å²) in [6, 6.07) is 10.9. The van der Waals surface area contributed by atoms with Crippen LogP contribution in [0.15, 0.2) is 47.6 Å². The Hall–Kier alpha value is -2.87. The first-order valence-corrected chi connectivity index (χ1v) is 11.0. The highest BCUT2D eigenvalue weighted by Crippen LogP contribution is 2.19. The summed E-state index contributed by atoms with van der Waals surface area (Å²) in [5, 5.41) is 3.54. The van der Waals surface area contributed by atoms with E-state index in [9.17, 15) is 4.39 Å². The Balaban J connectivity index is 1.34. The molecule has 7 nitrogen and oxygen atoms in total. The Morgan fingerprint density at radius 2 is 1.65 bits per heavy atom. The summed E-state index contributed by atoms with van der Waals surface area (Å²) >= 11 is 0. The molecular weight excluding hydrogens is 393 g/mol. The maximum absolute atomic E-state index is 13.2. The Labute approximate surface area is 184 Å². The lowest BCUT2D eigenvalue weighted by Crippen LogP contribution is -2.52. The number of halogens is 1. The number of hydrogen-bond acceptors (Lipinski definition) is 5. The average Bonchev–Trinajstić information content (AvgIpc) is 2.81. The number of aromatic nitrogens is 1. The number of anilines is 2. The van der Waals surface area contributed by atoms with Crippen molar-refractivity contribution in [1.29, 1.82) is 0 Å². The Kier molecular flexibility index (Phi) is 6.86. The van der Waals surface area contributed by atoms with Crippen LogP contribution in [0.25, 0.3) is 0 Å². The van der Waals surface area contributed by atoms with Crippen LogP contribution < -0.4 is 15.1 Å². The quantitative estimate of drug-likeness (QED) is 0.596. The number of likely N-dealkylation sites (N-methyl/N-ethyl adjacent to an activating group) is 1. The van der Waals surface area contributed by atoms with Crippen molar-refractivity contribution in [2.24, 2.45) is 4.99 Å². The van der Waals surface area contributed by atoms with Crippen molar-refractivity contribution in [1.82, 2.24) is 20.1 Å². The molecule has 1 N–H and O–H groups in total. The predicted octanol–water partition coefficient (Wildman–Crippen LogP) is 1.87. The Morgan fingerprint density at radius 1 is 0.968 bits per heavy atom. The van der Waals surface area contributed by atoms with Crippen LogP contribution in [-0.4, -0.2) is 87.2 Å². The minimum absolute atomic E-state index is 0.196. The summed E-state index contributed by atoms with van der Waals surface area (Å²) in [6.07, 6.45) is 1.88. The molecule has 0 bridgehead atoms. The van der Waals surface area contributed by atoms with Gasteiger partial charge in [-0.1, -0.05) is 6.07 Å². The molecule has 0 amide bonds. The fourth-order valence-electron chi connectivity index (χ4n) is 4.21. The van der Waals surface area contributed by atoms with Crippen molar-refractivity contribution in [3.8, 4) is 0 Å². The van der Waals surface area contributed by atoms with Crippen molar-refractivity contribution >= 4 is 17.5 Å². The Bertz CT molecular complexity index is 870. The van der Waals surface area contributed by atoms with E-state index in [2.05, 4.69) is 48.0 Å². The van der Waals surface area contributed by atoms with Crippen molar-refractivity contribution in [2.45, 2.75) is 6.54 Å². The van der Waals surface area contributed by atoms with Gasteiger partial charge in [0.1, 0.15) is 11.6 Å². The van der Waals surface area contributed by atoms with Gasteiger partial charge in [0, 0.05) is 83.4 Å². The molecule has 0 atom stereocenters. The van der Waals surface area contributed by atoms with Crippen molar-refractivity contribution < 1.29 is 4.39 Å². The summed E-state index contributed by atoms with van der Waals surface area (Å²) in [5.74, 6) is 1.78. The molecule has 8 heteroatoms. The third-order valence-electron chi connectivity index (χ3n) is 6.09. The number of aliphatic imine (C=N–C) groups is 1. The summed E-state index contributed by atoms with van der Waals surface area (Å²) < 4.78 is 13.2. The highest BCUT2D eigenvalue weighted by molar-refractivity contribution is 5.80. The molecule has 3 heterocycles. The molecule has 166 valence electrons. The molecule has 31 heavy (non-hydrogen) atoms. The number of piperazine rings is 2. The second kappa shape index (κ2) is 9.96. The third-order valence-corrected chi connectivity index (χ3v) is 6.09. The molecule has 0 radical (unpaired) electrons. The maximum atomic E-state index is 13.2. The molecule has 2 aromatic rings. The lowest BCUT2D eigenvalue weighted by Gasteiger charge is -2.38. The molecule has 2 aliphatic rings. The highest BCUT2D eigenvalue weighted by atomic mass is 19.1. The summed E-state index contributed by atoms with van der Waals surface area (Å²) in [5.41, 5.74) is 2.26. The van der Waals surface area contributed by atoms with E-state index in [4.69, 9.17) is 0 Å². The molecule has 0 saturated carbocycles.